The van der Waals surface area contributed by atoms with Crippen molar-refractivity contribution in [3.8, 4) is 0 Å². The maximum atomic E-state index is 12.9. The van der Waals surface area contributed by atoms with Crippen LogP contribution in [0.1, 0.15) is 35.9 Å². The smallest absolute Gasteiger partial charge is 0.252 e. The molecule has 2 atom stereocenters. The maximum absolute atomic E-state index is 12.9. The van der Waals surface area contributed by atoms with E-state index < -0.39 is 6.10 Å². The Labute approximate surface area is 134 Å². The number of aliphatic hydroxyl groups excluding tert-OH is 1. The lowest BCUT2D eigenvalue weighted by Crippen LogP contribution is -2.25. The van der Waals surface area contributed by atoms with E-state index in [1.54, 1.807) is 31.2 Å². The lowest BCUT2D eigenvalue weighted by molar-refractivity contribution is 0.0955. The van der Waals surface area contributed by atoms with Crippen molar-refractivity contribution in [1.29, 1.82) is 0 Å². The molecule has 0 aliphatic rings. The van der Waals surface area contributed by atoms with Crippen molar-refractivity contribution in [1.82, 2.24) is 10.3 Å². The zero-order valence-electron chi connectivity index (χ0n) is 13.1. The first-order valence-corrected chi connectivity index (χ1v) is 7.45. The highest BCUT2D eigenvalue weighted by molar-refractivity contribution is 5.93. The molecule has 0 unspecified atom stereocenters. The molecule has 1 heterocycles. The van der Waals surface area contributed by atoms with Crippen molar-refractivity contribution >= 4 is 11.7 Å². The number of pyridine rings is 1. The Hall–Kier alpha value is -2.47. The van der Waals surface area contributed by atoms with Gasteiger partial charge in [-0.3, -0.25) is 4.79 Å². The Morgan fingerprint density at radius 3 is 2.52 bits per heavy atom. The molecule has 0 aliphatic carbocycles. The molecule has 0 spiro atoms. The fourth-order valence-corrected chi connectivity index (χ4v) is 2.14. The van der Waals surface area contributed by atoms with Crippen LogP contribution in [0.25, 0.3) is 0 Å². The fourth-order valence-electron chi connectivity index (χ4n) is 2.14. The van der Waals surface area contributed by atoms with Crippen molar-refractivity contribution in [2.24, 2.45) is 0 Å². The molecule has 0 bridgehead atoms. The average Bonchev–Trinajstić information content (AvgIpc) is 2.55. The van der Waals surface area contributed by atoms with E-state index in [1.165, 1.54) is 18.3 Å². The van der Waals surface area contributed by atoms with Crippen molar-refractivity contribution in [2.45, 2.75) is 26.0 Å². The van der Waals surface area contributed by atoms with Crippen LogP contribution in [-0.2, 0) is 0 Å². The van der Waals surface area contributed by atoms with Gasteiger partial charge < -0.3 is 15.7 Å². The number of aliphatic hydroxyl groups is 1. The zero-order valence-corrected chi connectivity index (χ0v) is 13.1. The predicted octanol–water partition coefficient (Wildman–Crippen LogP) is 2.50. The highest BCUT2D eigenvalue weighted by Crippen LogP contribution is 2.20. The summed E-state index contributed by atoms with van der Waals surface area (Å²) in [7, 11) is 0. The summed E-state index contributed by atoms with van der Waals surface area (Å²) in [6.45, 7) is 4.20. The largest absolute Gasteiger partial charge is 0.386 e. The van der Waals surface area contributed by atoms with Crippen LogP contribution in [0.15, 0.2) is 42.6 Å². The van der Waals surface area contributed by atoms with Gasteiger partial charge in [0.15, 0.2) is 0 Å². The molecule has 1 amide bonds. The van der Waals surface area contributed by atoms with E-state index >= 15 is 0 Å². The van der Waals surface area contributed by atoms with Crippen LogP contribution in [0.2, 0.25) is 0 Å². The van der Waals surface area contributed by atoms with Gasteiger partial charge in [-0.15, -0.1) is 0 Å². The zero-order chi connectivity index (χ0) is 16.8. The van der Waals surface area contributed by atoms with E-state index in [-0.39, 0.29) is 17.8 Å². The van der Waals surface area contributed by atoms with Crippen LogP contribution in [0, 0.1) is 5.82 Å². The molecule has 0 aliphatic heterocycles. The first kappa shape index (κ1) is 16.9. The first-order chi connectivity index (χ1) is 11.0. The van der Waals surface area contributed by atoms with Crippen LogP contribution >= 0.6 is 0 Å². The predicted molar refractivity (Wildman–Crippen MR) is 86.7 cm³/mol. The van der Waals surface area contributed by atoms with Gasteiger partial charge in [0, 0.05) is 12.7 Å². The Morgan fingerprint density at radius 1 is 1.26 bits per heavy atom. The summed E-state index contributed by atoms with van der Waals surface area (Å²) >= 11 is 0. The van der Waals surface area contributed by atoms with E-state index in [0.717, 1.165) is 0 Å². The minimum absolute atomic E-state index is 0.175. The van der Waals surface area contributed by atoms with Crippen molar-refractivity contribution in [3.05, 3.63) is 59.5 Å². The van der Waals surface area contributed by atoms with Crippen LogP contribution in [-0.4, -0.2) is 28.6 Å². The SMILES string of the molecule is CCNC(=O)c1ccc(N[C@@H](C)[C@H](O)c2ccc(F)cc2)nc1. The summed E-state index contributed by atoms with van der Waals surface area (Å²) in [5.41, 5.74) is 1.09. The van der Waals surface area contributed by atoms with Gasteiger partial charge in [-0.2, -0.15) is 0 Å². The molecule has 2 rings (SSSR count). The number of benzene rings is 1. The molecule has 5 nitrogen and oxygen atoms in total. The Balaban J connectivity index is 2.00. The molecular weight excluding hydrogens is 297 g/mol. The molecule has 1 aromatic heterocycles. The molecule has 0 saturated heterocycles. The molecule has 0 radical (unpaired) electrons. The molecule has 122 valence electrons. The van der Waals surface area contributed by atoms with Gasteiger partial charge in [-0.25, -0.2) is 9.37 Å². The number of aromatic nitrogens is 1. The Morgan fingerprint density at radius 2 is 1.96 bits per heavy atom. The lowest BCUT2D eigenvalue weighted by Gasteiger charge is -2.21. The molecular formula is C17H20FN3O2. The lowest BCUT2D eigenvalue weighted by atomic mass is 10.0. The van der Waals surface area contributed by atoms with E-state index in [4.69, 9.17) is 0 Å². The maximum Gasteiger partial charge on any atom is 0.252 e. The topological polar surface area (TPSA) is 74.2 Å². The van der Waals surface area contributed by atoms with Gasteiger partial charge in [-0.1, -0.05) is 12.1 Å². The molecule has 0 saturated carbocycles. The number of hydrogen-bond acceptors (Lipinski definition) is 4. The van der Waals surface area contributed by atoms with E-state index in [1.807, 2.05) is 6.92 Å². The first-order valence-electron chi connectivity index (χ1n) is 7.45. The molecule has 1 aromatic carbocycles. The molecule has 23 heavy (non-hydrogen) atoms. The number of hydrogen-bond donors (Lipinski definition) is 3. The standard InChI is InChI=1S/C17H20FN3O2/c1-3-19-17(23)13-6-9-15(20-10-13)21-11(2)16(22)12-4-7-14(18)8-5-12/h4-11,16,22H,3H2,1-2H3,(H,19,23)(H,20,21)/t11-,16-/m0/s1. The van der Waals surface area contributed by atoms with E-state index in [9.17, 15) is 14.3 Å². The number of nitrogens with zero attached hydrogens (tertiary/aromatic N) is 1. The highest BCUT2D eigenvalue weighted by Gasteiger charge is 2.17. The molecule has 0 fully saturated rings. The van der Waals surface area contributed by atoms with E-state index in [2.05, 4.69) is 15.6 Å². The summed E-state index contributed by atoms with van der Waals surface area (Å²) in [4.78, 5) is 15.8. The van der Waals surface area contributed by atoms with Crippen LogP contribution in [0.3, 0.4) is 0 Å². The van der Waals surface area contributed by atoms with Crippen molar-refractivity contribution < 1.29 is 14.3 Å². The Bertz CT molecular complexity index is 644. The minimum atomic E-state index is -0.805. The highest BCUT2D eigenvalue weighted by atomic mass is 19.1. The fraction of sp³-hybridized carbons (Fsp3) is 0.294. The number of carbonyl (C=O) groups excluding carboxylic acids is 1. The second-order valence-corrected chi connectivity index (χ2v) is 5.22. The quantitative estimate of drug-likeness (QED) is 0.765. The van der Waals surface area contributed by atoms with Gasteiger partial charge in [-0.05, 0) is 43.7 Å². The summed E-state index contributed by atoms with van der Waals surface area (Å²) in [5, 5.41) is 16.0. The summed E-state index contributed by atoms with van der Waals surface area (Å²) in [6, 6.07) is 8.72. The number of amides is 1. The number of nitrogens with one attached hydrogen (secondary N) is 2. The van der Waals surface area contributed by atoms with Crippen molar-refractivity contribution in [2.75, 3.05) is 11.9 Å². The number of anilines is 1. The third-order valence-electron chi connectivity index (χ3n) is 3.42. The second kappa shape index (κ2) is 7.69. The third kappa shape index (κ3) is 4.50. The molecule has 2 aromatic rings. The molecule has 3 N–H and O–H groups in total. The minimum Gasteiger partial charge on any atom is -0.386 e. The normalized spacial score (nSPS) is 13.2. The van der Waals surface area contributed by atoms with Gasteiger partial charge >= 0.3 is 0 Å². The van der Waals surface area contributed by atoms with Crippen LogP contribution < -0.4 is 10.6 Å². The second-order valence-electron chi connectivity index (χ2n) is 5.22. The summed E-state index contributed by atoms with van der Waals surface area (Å²) < 4.78 is 12.9. The monoisotopic (exact) mass is 317 g/mol. The summed E-state index contributed by atoms with van der Waals surface area (Å²) in [6.07, 6.45) is 0.671. The van der Waals surface area contributed by atoms with Crippen molar-refractivity contribution in [3.63, 3.8) is 0 Å². The number of halogens is 1. The van der Waals surface area contributed by atoms with Gasteiger partial charge in [0.1, 0.15) is 11.6 Å². The average molecular weight is 317 g/mol. The summed E-state index contributed by atoms with van der Waals surface area (Å²) in [5.74, 6) is 0.0295. The molecule has 6 heteroatoms. The van der Waals surface area contributed by atoms with Gasteiger partial charge in [0.25, 0.3) is 5.91 Å². The van der Waals surface area contributed by atoms with Gasteiger partial charge in [0.05, 0.1) is 17.7 Å². The van der Waals surface area contributed by atoms with Crippen LogP contribution in [0.4, 0.5) is 10.2 Å². The third-order valence-corrected chi connectivity index (χ3v) is 3.42. The number of rotatable bonds is 6. The Kier molecular flexibility index (Phi) is 5.65. The van der Waals surface area contributed by atoms with E-state index in [0.29, 0.717) is 23.5 Å². The number of carbonyl (C=O) groups is 1. The van der Waals surface area contributed by atoms with Crippen LogP contribution in [0.5, 0.6) is 0 Å². The van der Waals surface area contributed by atoms with Gasteiger partial charge in [0.2, 0.25) is 0 Å².